The van der Waals surface area contributed by atoms with Crippen LogP contribution in [-0.2, 0) is 0 Å². The lowest BCUT2D eigenvalue weighted by atomic mass is 10.1. The first-order valence-corrected chi connectivity index (χ1v) is 10.6. The van der Waals surface area contributed by atoms with Crippen molar-refractivity contribution >= 4 is 11.4 Å². The van der Waals surface area contributed by atoms with Gasteiger partial charge >= 0.3 is 0 Å². The lowest BCUT2D eigenvalue weighted by Crippen LogP contribution is -2.44. The molecule has 0 aromatic heterocycles. The van der Waals surface area contributed by atoms with Gasteiger partial charge in [0.25, 0.3) is 0 Å². The van der Waals surface area contributed by atoms with Gasteiger partial charge in [0.2, 0.25) is 0 Å². The third-order valence-electron chi connectivity index (χ3n) is 5.34. The van der Waals surface area contributed by atoms with Crippen LogP contribution in [0.15, 0.2) is 60.7 Å². The Labute approximate surface area is 171 Å². The van der Waals surface area contributed by atoms with Crippen molar-refractivity contribution in [1.82, 2.24) is 10.2 Å². The second-order valence-electron chi connectivity index (χ2n) is 8.66. The number of rotatable bonds is 5. The van der Waals surface area contributed by atoms with Gasteiger partial charge in [0.15, 0.2) is 0 Å². The van der Waals surface area contributed by atoms with E-state index >= 15 is 0 Å². The molecule has 0 spiro atoms. The van der Waals surface area contributed by atoms with Gasteiger partial charge in [0.1, 0.15) is 0 Å². The topological polar surface area (TPSA) is 21.8 Å². The molecule has 0 atom stereocenters. The van der Waals surface area contributed by atoms with Crippen LogP contribution in [0.5, 0.6) is 0 Å². The molecule has 1 fully saturated rings. The predicted octanol–water partition coefficient (Wildman–Crippen LogP) is 3.70. The summed E-state index contributed by atoms with van der Waals surface area (Å²) in [5.74, 6) is 0. The van der Waals surface area contributed by atoms with E-state index in [0.29, 0.717) is 0 Å². The van der Waals surface area contributed by atoms with E-state index in [-0.39, 0.29) is 5.54 Å². The molecule has 3 rings (SSSR count). The fraction of sp³-hybridized carbons (Fsp3) is 0.500. The molecule has 0 amide bonds. The molecule has 152 valence electrons. The van der Waals surface area contributed by atoms with Crippen molar-refractivity contribution < 1.29 is 0 Å². The number of nitrogens with zero attached hydrogens (tertiary/aromatic N) is 3. The number of nitrogens with one attached hydrogen (secondary N) is 1. The zero-order valence-electron chi connectivity index (χ0n) is 17.8. The molecule has 0 radical (unpaired) electrons. The van der Waals surface area contributed by atoms with E-state index in [2.05, 4.69) is 101 Å². The molecule has 4 heteroatoms. The largest absolute Gasteiger partial charge is 0.368 e. The lowest BCUT2D eigenvalue weighted by molar-refractivity contribution is 0.273. The summed E-state index contributed by atoms with van der Waals surface area (Å²) in [7, 11) is 0. The van der Waals surface area contributed by atoms with Crippen LogP contribution in [0.1, 0.15) is 20.8 Å². The summed E-state index contributed by atoms with van der Waals surface area (Å²) in [4.78, 5) is 7.67. The first-order chi connectivity index (χ1) is 13.5. The molecular weight excluding hydrogens is 344 g/mol. The Morgan fingerprint density at radius 2 is 1.11 bits per heavy atom. The molecule has 28 heavy (non-hydrogen) atoms. The van der Waals surface area contributed by atoms with Crippen molar-refractivity contribution in [3.05, 3.63) is 60.7 Å². The SMILES string of the molecule is CC(C)(C)NCCN1CCN(c2ccccc2)CCN(c2ccccc2)CC1. The van der Waals surface area contributed by atoms with E-state index in [1.807, 2.05) is 0 Å². The van der Waals surface area contributed by atoms with Gasteiger partial charge < -0.3 is 15.1 Å². The molecule has 2 aromatic rings. The first kappa shape index (κ1) is 20.7. The molecule has 0 saturated carbocycles. The third-order valence-corrected chi connectivity index (χ3v) is 5.34. The van der Waals surface area contributed by atoms with Gasteiger partial charge in [-0.3, -0.25) is 4.90 Å². The summed E-state index contributed by atoms with van der Waals surface area (Å²) in [6, 6.07) is 21.7. The van der Waals surface area contributed by atoms with Gasteiger partial charge in [-0.2, -0.15) is 0 Å². The summed E-state index contributed by atoms with van der Waals surface area (Å²) in [6.07, 6.45) is 0. The van der Waals surface area contributed by atoms with Crippen molar-refractivity contribution in [2.75, 3.05) is 62.2 Å². The smallest absolute Gasteiger partial charge is 0.0367 e. The minimum absolute atomic E-state index is 0.172. The predicted molar refractivity (Wildman–Crippen MR) is 122 cm³/mol. The van der Waals surface area contributed by atoms with Crippen molar-refractivity contribution in [2.24, 2.45) is 0 Å². The maximum absolute atomic E-state index is 3.64. The quantitative estimate of drug-likeness (QED) is 0.854. The fourth-order valence-corrected chi connectivity index (χ4v) is 3.71. The molecular formula is C24H36N4. The number of para-hydroxylation sites is 2. The molecule has 2 aromatic carbocycles. The molecule has 0 aliphatic carbocycles. The highest BCUT2D eigenvalue weighted by molar-refractivity contribution is 5.49. The molecule has 1 heterocycles. The number of hydrogen-bond acceptors (Lipinski definition) is 4. The molecule has 1 N–H and O–H groups in total. The van der Waals surface area contributed by atoms with Crippen LogP contribution in [0, 0.1) is 0 Å². The summed E-state index contributed by atoms with van der Waals surface area (Å²) in [6.45, 7) is 15.3. The first-order valence-electron chi connectivity index (χ1n) is 10.6. The van der Waals surface area contributed by atoms with Crippen LogP contribution >= 0.6 is 0 Å². The average molecular weight is 381 g/mol. The van der Waals surface area contributed by atoms with Crippen molar-refractivity contribution in [3.8, 4) is 0 Å². The minimum atomic E-state index is 0.172. The van der Waals surface area contributed by atoms with Gasteiger partial charge in [-0.25, -0.2) is 0 Å². The molecule has 0 bridgehead atoms. The van der Waals surface area contributed by atoms with E-state index in [9.17, 15) is 0 Å². The zero-order chi connectivity index (χ0) is 19.8. The van der Waals surface area contributed by atoms with Gasteiger partial charge in [-0.05, 0) is 45.0 Å². The molecule has 1 saturated heterocycles. The van der Waals surface area contributed by atoms with Crippen molar-refractivity contribution in [2.45, 2.75) is 26.3 Å². The van der Waals surface area contributed by atoms with Crippen molar-refractivity contribution in [1.29, 1.82) is 0 Å². The highest BCUT2D eigenvalue weighted by atomic mass is 15.3. The molecule has 1 aliphatic heterocycles. The van der Waals surface area contributed by atoms with Gasteiger partial charge in [0, 0.05) is 69.3 Å². The van der Waals surface area contributed by atoms with Gasteiger partial charge in [0.05, 0.1) is 0 Å². The normalized spacial score (nSPS) is 17.1. The van der Waals surface area contributed by atoms with Crippen LogP contribution in [-0.4, -0.2) is 62.8 Å². The summed E-state index contributed by atoms with van der Waals surface area (Å²) in [5, 5.41) is 3.64. The van der Waals surface area contributed by atoms with E-state index in [4.69, 9.17) is 0 Å². The van der Waals surface area contributed by atoms with E-state index in [0.717, 1.165) is 52.4 Å². The van der Waals surface area contributed by atoms with E-state index < -0.39 is 0 Å². The second kappa shape index (κ2) is 9.94. The minimum Gasteiger partial charge on any atom is -0.368 e. The molecule has 0 unspecified atom stereocenters. The van der Waals surface area contributed by atoms with Gasteiger partial charge in [-0.1, -0.05) is 36.4 Å². The maximum Gasteiger partial charge on any atom is 0.0367 e. The summed E-state index contributed by atoms with van der Waals surface area (Å²) >= 11 is 0. The number of hydrogen-bond donors (Lipinski definition) is 1. The number of benzene rings is 2. The lowest BCUT2D eigenvalue weighted by Gasteiger charge is -2.28. The van der Waals surface area contributed by atoms with Gasteiger partial charge in [-0.15, -0.1) is 0 Å². The Hall–Kier alpha value is -2.04. The third kappa shape index (κ3) is 6.54. The Morgan fingerprint density at radius 3 is 1.54 bits per heavy atom. The Balaban J connectivity index is 1.70. The van der Waals surface area contributed by atoms with E-state index in [1.54, 1.807) is 0 Å². The van der Waals surface area contributed by atoms with Crippen LogP contribution in [0.2, 0.25) is 0 Å². The van der Waals surface area contributed by atoms with Crippen LogP contribution in [0.3, 0.4) is 0 Å². The highest BCUT2D eigenvalue weighted by Crippen LogP contribution is 2.17. The summed E-state index contributed by atoms with van der Waals surface area (Å²) in [5.41, 5.74) is 2.82. The number of anilines is 2. The van der Waals surface area contributed by atoms with Crippen molar-refractivity contribution in [3.63, 3.8) is 0 Å². The Kier molecular flexibility index (Phi) is 7.35. The monoisotopic (exact) mass is 380 g/mol. The average Bonchev–Trinajstić information content (AvgIpc) is 2.79. The Morgan fingerprint density at radius 1 is 0.679 bits per heavy atom. The second-order valence-corrected chi connectivity index (χ2v) is 8.66. The molecule has 4 nitrogen and oxygen atoms in total. The fourth-order valence-electron chi connectivity index (χ4n) is 3.71. The summed E-state index contributed by atoms with van der Waals surface area (Å²) < 4.78 is 0. The Bertz CT molecular complexity index is 629. The van der Waals surface area contributed by atoms with E-state index in [1.165, 1.54) is 11.4 Å². The maximum atomic E-state index is 3.64. The van der Waals surface area contributed by atoms with Crippen LogP contribution < -0.4 is 15.1 Å². The standard InChI is InChI=1S/C24H36N4/c1-24(2,3)25-14-15-26-16-18-27(22-10-6-4-7-11-22)20-21-28(19-17-26)23-12-8-5-9-13-23/h4-13,25H,14-21H2,1-3H3. The van der Waals surface area contributed by atoms with Crippen LogP contribution in [0.25, 0.3) is 0 Å². The molecule has 1 aliphatic rings. The van der Waals surface area contributed by atoms with Crippen LogP contribution in [0.4, 0.5) is 11.4 Å². The highest BCUT2D eigenvalue weighted by Gasteiger charge is 2.17. The zero-order valence-corrected chi connectivity index (χ0v) is 17.8.